The Balaban J connectivity index is 1.69. The van der Waals surface area contributed by atoms with Crippen LogP contribution < -0.4 is 15.5 Å². The Morgan fingerprint density at radius 1 is 1.40 bits per heavy atom. The molecule has 7 heteroatoms. The van der Waals surface area contributed by atoms with Crippen molar-refractivity contribution in [1.29, 1.82) is 5.26 Å². The van der Waals surface area contributed by atoms with Gasteiger partial charge in [-0.15, -0.1) is 0 Å². The molecule has 0 radical (unpaired) electrons. The van der Waals surface area contributed by atoms with Crippen LogP contribution in [0.15, 0.2) is 29.8 Å². The number of amides is 1. The van der Waals surface area contributed by atoms with E-state index in [2.05, 4.69) is 6.07 Å². The topological polar surface area (TPSA) is 82.6 Å². The van der Waals surface area contributed by atoms with Crippen molar-refractivity contribution in [3.63, 3.8) is 0 Å². The highest BCUT2D eigenvalue weighted by Gasteiger charge is 2.32. The van der Waals surface area contributed by atoms with Crippen LogP contribution in [-0.4, -0.2) is 38.4 Å². The summed E-state index contributed by atoms with van der Waals surface area (Å²) in [6.07, 6.45) is 3.21. The van der Waals surface area contributed by atoms with Gasteiger partial charge >= 0.3 is 6.09 Å². The van der Waals surface area contributed by atoms with Gasteiger partial charge in [-0.05, 0) is 31.0 Å². The predicted molar refractivity (Wildman–Crippen MR) is 92.8 cm³/mol. The first-order chi connectivity index (χ1) is 12.1. The van der Waals surface area contributed by atoms with E-state index in [-0.39, 0.29) is 18.5 Å². The van der Waals surface area contributed by atoms with Crippen LogP contribution >= 0.6 is 0 Å². The highest BCUT2D eigenvalue weighted by molar-refractivity contribution is 5.90. The van der Waals surface area contributed by atoms with E-state index >= 15 is 0 Å². The lowest BCUT2D eigenvalue weighted by Crippen LogP contribution is -2.31. The highest BCUT2D eigenvalue weighted by Crippen LogP contribution is 2.30. The number of hydrogen-bond donors (Lipinski definition) is 1. The number of allylic oxidation sites excluding steroid dienone is 1. The van der Waals surface area contributed by atoms with Gasteiger partial charge in [0.05, 0.1) is 30.4 Å². The lowest BCUT2D eigenvalue weighted by atomic mass is 10.0. The molecule has 0 saturated carbocycles. The zero-order valence-electron chi connectivity index (χ0n) is 13.9. The van der Waals surface area contributed by atoms with Crippen LogP contribution in [0.2, 0.25) is 0 Å². The number of hydrogen-bond acceptors (Lipinski definition) is 5. The Labute approximate surface area is 146 Å². The SMILES string of the molecule is N#CCC=C1CCN(c2ccc(N3CC(CN)OC3=O)cc2F)CC1. The van der Waals surface area contributed by atoms with E-state index in [1.54, 1.807) is 12.1 Å². The second-order valence-electron chi connectivity index (χ2n) is 6.20. The van der Waals surface area contributed by atoms with Gasteiger partial charge in [-0.1, -0.05) is 11.6 Å². The number of benzene rings is 1. The first kappa shape index (κ1) is 17.2. The van der Waals surface area contributed by atoms with E-state index < -0.39 is 6.09 Å². The standard InChI is InChI=1S/C18H21FN4O2/c19-16-10-14(23-12-15(11-21)25-18(23)24)3-4-17(16)22-8-5-13(6-9-22)2-1-7-20/h2-4,10,15H,1,5-6,8-9,11-12,21H2. The Morgan fingerprint density at radius 2 is 2.16 bits per heavy atom. The molecule has 0 aromatic heterocycles. The maximum atomic E-state index is 14.6. The van der Waals surface area contributed by atoms with E-state index in [0.717, 1.165) is 12.8 Å². The van der Waals surface area contributed by atoms with Gasteiger partial charge in [-0.25, -0.2) is 9.18 Å². The maximum absolute atomic E-state index is 14.6. The Morgan fingerprint density at radius 3 is 2.76 bits per heavy atom. The largest absolute Gasteiger partial charge is 0.443 e. The summed E-state index contributed by atoms with van der Waals surface area (Å²) in [5, 5.41) is 8.63. The maximum Gasteiger partial charge on any atom is 0.414 e. The van der Waals surface area contributed by atoms with Crippen LogP contribution in [0.5, 0.6) is 0 Å². The summed E-state index contributed by atoms with van der Waals surface area (Å²) in [7, 11) is 0. The van der Waals surface area contributed by atoms with Gasteiger partial charge < -0.3 is 15.4 Å². The Kier molecular flexibility index (Phi) is 5.19. The summed E-state index contributed by atoms with van der Waals surface area (Å²) in [5.74, 6) is -0.356. The number of nitriles is 1. The van der Waals surface area contributed by atoms with Crippen molar-refractivity contribution in [3.05, 3.63) is 35.7 Å². The zero-order chi connectivity index (χ0) is 17.8. The van der Waals surface area contributed by atoms with Crippen molar-refractivity contribution in [2.45, 2.75) is 25.4 Å². The Hall–Kier alpha value is -2.59. The number of nitrogens with two attached hydrogens (primary N) is 1. The molecule has 1 amide bonds. The zero-order valence-corrected chi connectivity index (χ0v) is 13.9. The van der Waals surface area contributed by atoms with Gasteiger partial charge in [0.25, 0.3) is 0 Å². The Bertz CT molecular complexity index is 718. The summed E-state index contributed by atoms with van der Waals surface area (Å²) in [6, 6.07) is 6.92. The van der Waals surface area contributed by atoms with E-state index in [0.29, 0.717) is 37.4 Å². The molecule has 2 fully saturated rings. The molecule has 2 aliphatic rings. The quantitative estimate of drug-likeness (QED) is 0.849. The minimum Gasteiger partial charge on any atom is -0.443 e. The molecule has 2 N–H and O–H groups in total. The fourth-order valence-electron chi connectivity index (χ4n) is 3.20. The van der Waals surface area contributed by atoms with Crippen molar-refractivity contribution in [2.75, 3.05) is 36.0 Å². The molecule has 1 atom stereocenters. The average molecular weight is 344 g/mol. The number of piperidine rings is 1. The summed E-state index contributed by atoms with van der Waals surface area (Å²) < 4.78 is 19.7. The van der Waals surface area contributed by atoms with Crippen LogP contribution in [-0.2, 0) is 4.74 Å². The molecule has 1 unspecified atom stereocenters. The van der Waals surface area contributed by atoms with Crippen LogP contribution in [0.25, 0.3) is 0 Å². The molecule has 2 heterocycles. The minimum atomic E-state index is -0.493. The molecule has 6 nitrogen and oxygen atoms in total. The molecule has 132 valence electrons. The van der Waals surface area contributed by atoms with Crippen LogP contribution in [0.4, 0.5) is 20.6 Å². The summed E-state index contributed by atoms with van der Waals surface area (Å²) >= 11 is 0. The third-order valence-electron chi connectivity index (χ3n) is 4.61. The van der Waals surface area contributed by atoms with Crippen molar-refractivity contribution >= 4 is 17.5 Å². The van der Waals surface area contributed by atoms with Gasteiger partial charge in [-0.2, -0.15) is 5.26 Å². The molecule has 0 spiro atoms. The van der Waals surface area contributed by atoms with Gasteiger partial charge in [0.1, 0.15) is 11.9 Å². The van der Waals surface area contributed by atoms with E-state index in [1.807, 2.05) is 11.0 Å². The van der Waals surface area contributed by atoms with Crippen molar-refractivity contribution in [1.82, 2.24) is 0 Å². The van der Waals surface area contributed by atoms with Crippen molar-refractivity contribution < 1.29 is 13.9 Å². The first-order valence-electron chi connectivity index (χ1n) is 8.40. The van der Waals surface area contributed by atoms with E-state index in [1.165, 1.54) is 16.5 Å². The summed E-state index contributed by atoms with van der Waals surface area (Å²) in [4.78, 5) is 15.3. The molecule has 25 heavy (non-hydrogen) atoms. The van der Waals surface area contributed by atoms with E-state index in [9.17, 15) is 9.18 Å². The fourth-order valence-corrected chi connectivity index (χ4v) is 3.20. The monoisotopic (exact) mass is 344 g/mol. The first-order valence-corrected chi connectivity index (χ1v) is 8.40. The lowest BCUT2D eigenvalue weighted by molar-refractivity contribution is 0.145. The number of halogens is 1. The van der Waals surface area contributed by atoms with Crippen LogP contribution in [0, 0.1) is 17.1 Å². The summed E-state index contributed by atoms with van der Waals surface area (Å²) in [5.41, 5.74) is 7.79. The highest BCUT2D eigenvalue weighted by atomic mass is 19.1. The second kappa shape index (κ2) is 7.53. The van der Waals surface area contributed by atoms with E-state index in [4.69, 9.17) is 15.7 Å². The number of rotatable bonds is 4. The van der Waals surface area contributed by atoms with Crippen molar-refractivity contribution in [2.24, 2.45) is 5.73 Å². The van der Waals surface area contributed by atoms with Gasteiger partial charge in [-0.3, -0.25) is 4.90 Å². The molecule has 2 saturated heterocycles. The van der Waals surface area contributed by atoms with Gasteiger partial charge in [0.2, 0.25) is 0 Å². The number of carbonyl (C=O) groups excluding carboxylic acids is 1. The third-order valence-corrected chi connectivity index (χ3v) is 4.61. The molecule has 3 rings (SSSR count). The second-order valence-corrected chi connectivity index (χ2v) is 6.20. The average Bonchev–Trinajstić information content (AvgIpc) is 3.01. The normalized spacial score (nSPS) is 20.4. The fraction of sp³-hybridized carbons (Fsp3) is 0.444. The molecule has 1 aromatic rings. The lowest BCUT2D eigenvalue weighted by Gasteiger charge is -2.31. The number of nitrogens with zero attached hydrogens (tertiary/aromatic N) is 3. The smallest absolute Gasteiger partial charge is 0.414 e. The van der Waals surface area contributed by atoms with Crippen LogP contribution in [0.1, 0.15) is 19.3 Å². The number of ether oxygens (including phenoxy) is 1. The van der Waals surface area contributed by atoms with Crippen molar-refractivity contribution in [3.8, 4) is 6.07 Å². The van der Waals surface area contributed by atoms with Gasteiger partial charge in [0, 0.05) is 19.6 Å². The number of anilines is 2. The number of cyclic esters (lactones) is 1. The van der Waals surface area contributed by atoms with Crippen LogP contribution in [0.3, 0.4) is 0 Å². The third kappa shape index (κ3) is 3.74. The molecule has 0 bridgehead atoms. The van der Waals surface area contributed by atoms with Gasteiger partial charge in [0.15, 0.2) is 0 Å². The molecular formula is C18H21FN4O2. The predicted octanol–water partition coefficient (Wildman–Crippen LogP) is 2.55. The molecular weight excluding hydrogens is 323 g/mol. The summed E-state index contributed by atoms with van der Waals surface area (Å²) in [6.45, 7) is 2.02. The molecule has 1 aromatic carbocycles. The minimum absolute atomic E-state index is 0.248. The molecule has 0 aliphatic carbocycles. The number of carbonyl (C=O) groups is 1. The molecule has 2 aliphatic heterocycles.